The van der Waals surface area contributed by atoms with Crippen LogP contribution in [0.25, 0.3) is 0 Å². The molecule has 1 heterocycles. The summed E-state index contributed by atoms with van der Waals surface area (Å²) in [5.41, 5.74) is 1.36. The number of carbonyl (C=O) groups excluding carboxylic acids is 4. The standard InChI is InChI=1S/C25H26ClNO6/c1-3-4-13-32-24(30)18-7-11-21(12-8-18)27-15-19(14-22(27)28)25(31)33-16(2)23(29)17-5-9-20(26)10-6-17/h5-12,16,19H,3-4,13-15H2,1-2H3/t16-,19+/m1/s1. The lowest BCUT2D eigenvalue weighted by Crippen LogP contribution is -2.30. The van der Waals surface area contributed by atoms with Gasteiger partial charge in [0.15, 0.2) is 6.10 Å². The minimum Gasteiger partial charge on any atom is -0.462 e. The lowest BCUT2D eigenvalue weighted by atomic mass is 10.1. The summed E-state index contributed by atoms with van der Waals surface area (Å²) in [5.74, 6) is -2.27. The van der Waals surface area contributed by atoms with Crippen molar-refractivity contribution in [2.24, 2.45) is 5.92 Å². The molecule has 3 rings (SSSR count). The van der Waals surface area contributed by atoms with Crippen LogP contribution in [0.3, 0.4) is 0 Å². The van der Waals surface area contributed by atoms with Gasteiger partial charge in [-0.05, 0) is 61.9 Å². The molecule has 1 amide bonds. The summed E-state index contributed by atoms with van der Waals surface area (Å²) >= 11 is 5.84. The van der Waals surface area contributed by atoms with Gasteiger partial charge in [-0.2, -0.15) is 0 Å². The van der Waals surface area contributed by atoms with Gasteiger partial charge in [0.25, 0.3) is 0 Å². The summed E-state index contributed by atoms with van der Waals surface area (Å²) in [6.45, 7) is 4.02. The van der Waals surface area contributed by atoms with Gasteiger partial charge < -0.3 is 14.4 Å². The van der Waals surface area contributed by atoms with Crippen LogP contribution in [0.4, 0.5) is 5.69 Å². The van der Waals surface area contributed by atoms with Crippen LogP contribution in [-0.4, -0.2) is 42.9 Å². The highest BCUT2D eigenvalue weighted by molar-refractivity contribution is 6.30. The van der Waals surface area contributed by atoms with Gasteiger partial charge in [-0.15, -0.1) is 0 Å². The summed E-state index contributed by atoms with van der Waals surface area (Å²) in [4.78, 5) is 51.1. The number of halogens is 1. The highest BCUT2D eigenvalue weighted by Gasteiger charge is 2.37. The van der Waals surface area contributed by atoms with Crippen molar-refractivity contribution in [2.45, 2.75) is 39.2 Å². The van der Waals surface area contributed by atoms with Crippen molar-refractivity contribution in [3.05, 3.63) is 64.7 Å². The molecule has 8 heteroatoms. The zero-order valence-electron chi connectivity index (χ0n) is 18.6. The Hall–Kier alpha value is -3.19. The van der Waals surface area contributed by atoms with E-state index in [-0.39, 0.29) is 24.7 Å². The second kappa shape index (κ2) is 11.1. The SMILES string of the molecule is CCCCOC(=O)c1ccc(N2C[C@@H](C(=O)O[C@H](C)C(=O)c3ccc(Cl)cc3)CC2=O)cc1. The number of carbonyl (C=O) groups is 4. The van der Waals surface area contributed by atoms with Crippen LogP contribution in [-0.2, 0) is 19.1 Å². The maximum absolute atomic E-state index is 12.6. The van der Waals surface area contributed by atoms with Crippen LogP contribution >= 0.6 is 11.6 Å². The van der Waals surface area contributed by atoms with E-state index < -0.39 is 24.0 Å². The number of esters is 2. The molecule has 0 unspecified atom stereocenters. The molecule has 7 nitrogen and oxygen atoms in total. The van der Waals surface area contributed by atoms with Crippen molar-refractivity contribution in [1.82, 2.24) is 0 Å². The zero-order valence-corrected chi connectivity index (χ0v) is 19.3. The number of Topliss-reactive ketones (excluding diaryl/α,β-unsaturated/α-hetero) is 1. The van der Waals surface area contributed by atoms with Gasteiger partial charge in [0.2, 0.25) is 11.7 Å². The predicted octanol–water partition coefficient (Wildman–Crippen LogP) is 4.46. The fraction of sp³-hybridized carbons (Fsp3) is 0.360. The van der Waals surface area contributed by atoms with Gasteiger partial charge in [-0.3, -0.25) is 14.4 Å². The van der Waals surface area contributed by atoms with Gasteiger partial charge in [0, 0.05) is 29.2 Å². The first-order chi connectivity index (χ1) is 15.8. The third kappa shape index (κ3) is 6.20. The Balaban J connectivity index is 1.57. The lowest BCUT2D eigenvalue weighted by molar-refractivity contribution is -0.151. The van der Waals surface area contributed by atoms with Gasteiger partial charge in [0.1, 0.15) is 0 Å². The molecule has 1 saturated heterocycles. The van der Waals surface area contributed by atoms with E-state index in [2.05, 4.69) is 0 Å². The first kappa shape index (κ1) is 24.5. The maximum Gasteiger partial charge on any atom is 0.338 e. The van der Waals surface area contributed by atoms with Crippen LogP contribution in [0, 0.1) is 5.92 Å². The average Bonchev–Trinajstić information content (AvgIpc) is 3.21. The van der Waals surface area contributed by atoms with E-state index in [1.54, 1.807) is 48.5 Å². The highest BCUT2D eigenvalue weighted by atomic mass is 35.5. The molecule has 2 aromatic rings. The number of anilines is 1. The summed E-state index contributed by atoms with van der Waals surface area (Å²) in [7, 11) is 0. The van der Waals surface area contributed by atoms with Crippen LogP contribution in [0.2, 0.25) is 5.02 Å². The summed E-state index contributed by atoms with van der Waals surface area (Å²) in [6.07, 6.45) is 0.733. The molecule has 174 valence electrons. The van der Waals surface area contributed by atoms with E-state index in [4.69, 9.17) is 21.1 Å². The number of ketones is 1. The molecule has 2 atom stereocenters. The Kier molecular flexibility index (Phi) is 8.22. The second-order valence-electron chi connectivity index (χ2n) is 7.89. The first-order valence-electron chi connectivity index (χ1n) is 10.9. The van der Waals surface area contributed by atoms with E-state index in [1.807, 2.05) is 6.92 Å². The Bertz CT molecular complexity index is 1020. The van der Waals surface area contributed by atoms with Crippen molar-refractivity contribution in [3.8, 4) is 0 Å². The van der Waals surface area contributed by atoms with Crippen molar-refractivity contribution < 1.29 is 28.7 Å². The highest BCUT2D eigenvalue weighted by Crippen LogP contribution is 2.27. The Morgan fingerprint density at radius 2 is 1.70 bits per heavy atom. The zero-order chi connectivity index (χ0) is 24.0. The van der Waals surface area contributed by atoms with Crippen LogP contribution in [0.1, 0.15) is 53.8 Å². The van der Waals surface area contributed by atoms with E-state index >= 15 is 0 Å². The van der Waals surface area contributed by atoms with E-state index in [9.17, 15) is 19.2 Å². The van der Waals surface area contributed by atoms with Gasteiger partial charge >= 0.3 is 11.9 Å². The molecule has 2 aromatic carbocycles. The normalized spacial score (nSPS) is 16.4. The number of hydrogen-bond donors (Lipinski definition) is 0. The third-order valence-electron chi connectivity index (χ3n) is 5.39. The van der Waals surface area contributed by atoms with Crippen molar-refractivity contribution in [2.75, 3.05) is 18.1 Å². The molecule has 0 aliphatic carbocycles. The second-order valence-corrected chi connectivity index (χ2v) is 8.33. The van der Waals surface area contributed by atoms with Crippen molar-refractivity contribution >= 4 is 40.9 Å². The molecular weight excluding hydrogens is 446 g/mol. The van der Waals surface area contributed by atoms with Crippen LogP contribution < -0.4 is 4.90 Å². The monoisotopic (exact) mass is 471 g/mol. The Labute approximate surface area is 197 Å². The quantitative estimate of drug-likeness (QED) is 0.304. The molecule has 33 heavy (non-hydrogen) atoms. The third-order valence-corrected chi connectivity index (χ3v) is 5.65. The fourth-order valence-corrected chi connectivity index (χ4v) is 3.58. The number of nitrogens with zero attached hydrogens (tertiary/aromatic N) is 1. The molecule has 0 aromatic heterocycles. The Morgan fingerprint density at radius 1 is 1.06 bits per heavy atom. The minimum atomic E-state index is -0.985. The van der Waals surface area contributed by atoms with E-state index in [1.165, 1.54) is 11.8 Å². The lowest BCUT2D eigenvalue weighted by Gasteiger charge is -2.18. The number of hydrogen-bond acceptors (Lipinski definition) is 6. The van der Waals surface area contributed by atoms with E-state index in [0.29, 0.717) is 28.4 Å². The summed E-state index contributed by atoms with van der Waals surface area (Å²) < 4.78 is 10.5. The fourth-order valence-electron chi connectivity index (χ4n) is 3.46. The molecule has 1 aliphatic rings. The molecule has 0 bridgehead atoms. The maximum atomic E-state index is 12.6. The first-order valence-corrected chi connectivity index (χ1v) is 11.3. The Morgan fingerprint density at radius 3 is 2.33 bits per heavy atom. The number of ether oxygens (including phenoxy) is 2. The van der Waals surface area contributed by atoms with Gasteiger partial charge in [-0.1, -0.05) is 24.9 Å². The van der Waals surface area contributed by atoms with Gasteiger partial charge in [0.05, 0.1) is 18.1 Å². The number of amides is 1. The number of unbranched alkanes of at least 4 members (excludes halogenated alkanes) is 1. The molecule has 0 N–H and O–H groups in total. The van der Waals surface area contributed by atoms with Crippen LogP contribution in [0.15, 0.2) is 48.5 Å². The number of rotatable bonds is 9. The topological polar surface area (TPSA) is 90.0 Å². The van der Waals surface area contributed by atoms with Crippen molar-refractivity contribution in [1.29, 1.82) is 0 Å². The number of benzene rings is 2. The van der Waals surface area contributed by atoms with Gasteiger partial charge in [-0.25, -0.2) is 4.79 Å². The van der Waals surface area contributed by atoms with E-state index in [0.717, 1.165) is 12.8 Å². The molecule has 0 radical (unpaired) electrons. The molecule has 1 aliphatic heterocycles. The van der Waals surface area contributed by atoms with Crippen molar-refractivity contribution in [3.63, 3.8) is 0 Å². The molecular formula is C25H26ClNO6. The van der Waals surface area contributed by atoms with Crippen LogP contribution in [0.5, 0.6) is 0 Å². The average molecular weight is 472 g/mol. The smallest absolute Gasteiger partial charge is 0.338 e. The molecule has 0 saturated carbocycles. The largest absolute Gasteiger partial charge is 0.462 e. The summed E-state index contributed by atoms with van der Waals surface area (Å²) in [6, 6.07) is 12.8. The summed E-state index contributed by atoms with van der Waals surface area (Å²) in [5, 5.41) is 0.502. The molecule has 1 fully saturated rings. The predicted molar refractivity (Wildman–Crippen MR) is 123 cm³/mol. The molecule has 0 spiro atoms. The minimum absolute atomic E-state index is 0.0124.